The summed E-state index contributed by atoms with van der Waals surface area (Å²) in [6, 6.07) is 0. The molecule has 0 atom stereocenters. The summed E-state index contributed by atoms with van der Waals surface area (Å²) in [7, 11) is 0. The number of aliphatic imine (C=N–C) groups is 1. The van der Waals surface area contributed by atoms with E-state index in [1.165, 1.54) is 32.4 Å². The van der Waals surface area contributed by atoms with Crippen molar-refractivity contribution in [3.05, 3.63) is 0 Å². The molecule has 2 fully saturated rings. The minimum atomic E-state index is 0. The number of carbonyl (C=O) groups is 1. The summed E-state index contributed by atoms with van der Waals surface area (Å²) in [4.78, 5) is 21.0. The summed E-state index contributed by atoms with van der Waals surface area (Å²) in [5, 5.41) is 6.75. The lowest BCUT2D eigenvalue weighted by Crippen LogP contribution is -2.49. The topological polar surface area (TPSA) is 60.0 Å². The van der Waals surface area contributed by atoms with Gasteiger partial charge in [-0.1, -0.05) is 6.42 Å². The lowest BCUT2D eigenvalue weighted by Gasteiger charge is -2.40. The van der Waals surface area contributed by atoms with E-state index < -0.39 is 0 Å². The van der Waals surface area contributed by atoms with Crippen molar-refractivity contribution in [3.8, 4) is 0 Å². The van der Waals surface area contributed by atoms with Gasteiger partial charge < -0.3 is 15.5 Å². The summed E-state index contributed by atoms with van der Waals surface area (Å²) in [5.74, 6) is 1.20. The molecular formula is C19H38IN5O. The molecule has 2 heterocycles. The fraction of sp³-hybridized carbons (Fsp3) is 0.895. The summed E-state index contributed by atoms with van der Waals surface area (Å²) in [6.45, 7) is 13.4. The van der Waals surface area contributed by atoms with Gasteiger partial charge in [0.25, 0.3) is 0 Å². The average molecular weight is 479 g/mol. The summed E-state index contributed by atoms with van der Waals surface area (Å²) >= 11 is 0. The Morgan fingerprint density at radius 1 is 1.12 bits per heavy atom. The molecule has 0 aromatic carbocycles. The lowest BCUT2D eigenvalue weighted by molar-refractivity contribution is -0.127. The summed E-state index contributed by atoms with van der Waals surface area (Å²) in [6.07, 6.45) is 6.68. The van der Waals surface area contributed by atoms with Crippen LogP contribution in [0.1, 0.15) is 59.3 Å². The number of rotatable bonds is 8. The van der Waals surface area contributed by atoms with Crippen LogP contribution in [0.4, 0.5) is 0 Å². The van der Waals surface area contributed by atoms with E-state index in [0.717, 1.165) is 57.9 Å². The molecule has 1 amide bonds. The third-order valence-corrected chi connectivity index (χ3v) is 5.25. The zero-order valence-corrected chi connectivity index (χ0v) is 19.2. The first-order valence-electron chi connectivity index (χ1n) is 10.1. The Hall–Kier alpha value is -0.570. The highest BCUT2D eigenvalue weighted by atomic mass is 127. The highest BCUT2D eigenvalue weighted by molar-refractivity contribution is 14.0. The molecule has 0 saturated carbocycles. The Balaban J connectivity index is 0.00000338. The van der Waals surface area contributed by atoms with Crippen molar-refractivity contribution in [3.63, 3.8) is 0 Å². The lowest BCUT2D eigenvalue weighted by atomic mass is 9.99. The molecule has 0 aromatic heterocycles. The quantitative estimate of drug-likeness (QED) is 0.243. The fourth-order valence-corrected chi connectivity index (χ4v) is 3.63. The predicted octanol–water partition coefficient (Wildman–Crippen LogP) is 2.44. The van der Waals surface area contributed by atoms with E-state index in [-0.39, 0.29) is 29.5 Å². The largest absolute Gasteiger partial charge is 0.357 e. The third kappa shape index (κ3) is 7.58. The number of likely N-dealkylation sites (tertiary alicyclic amines) is 2. The van der Waals surface area contributed by atoms with Crippen molar-refractivity contribution >= 4 is 35.8 Å². The van der Waals surface area contributed by atoms with Crippen molar-refractivity contribution < 1.29 is 4.79 Å². The van der Waals surface area contributed by atoms with Gasteiger partial charge in [-0.2, -0.15) is 0 Å². The standard InChI is InChI=1S/C19H37N5O.HI/c1-4-20-18(21-11-9-13-23-12-8-10-17(23)25)22-16-19(2,3)24-14-6-5-7-15-24;/h4-16H2,1-3H3,(H2,20,21,22);1H. The SMILES string of the molecule is CCNC(=NCC(C)(C)N1CCCCC1)NCCCN1CCCC1=O.I. The predicted molar refractivity (Wildman–Crippen MR) is 119 cm³/mol. The number of guanidine groups is 1. The number of piperidine rings is 1. The Morgan fingerprint density at radius 3 is 2.46 bits per heavy atom. The van der Waals surface area contributed by atoms with E-state index >= 15 is 0 Å². The highest BCUT2D eigenvalue weighted by Crippen LogP contribution is 2.20. The highest BCUT2D eigenvalue weighted by Gasteiger charge is 2.27. The molecule has 0 aromatic rings. The van der Waals surface area contributed by atoms with Crippen LogP contribution >= 0.6 is 24.0 Å². The van der Waals surface area contributed by atoms with E-state index in [9.17, 15) is 4.79 Å². The van der Waals surface area contributed by atoms with E-state index in [2.05, 4.69) is 36.3 Å². The molecule has 26 heavy (non-hydrogen) atoms. The van der Waals surface area contributed by atoms with Crippen LogP contribution in [0.5, 0.6) is 0 Å². The van der Waals surface area contributed by atoms with Gasteiger partial charge in [0, 0.05) is 38.1 Å². The second kappa shape index (κ2) is 12.0. The van der Waals surface area contributed by atoms with E-state index in [1.54, 1.807) is 0 Å². The zero-order chi connectivity index (χ0) is 18.1. The number of hydrogen-bond donors (Lipinski definition) is 2. The van der Waals surface area contributed by atoms with Crippen LogP contribution in [0.15, 0.2) is 4.99 Å². The molecule has 0 aliphatic carbocycles. The molecule has 2 aliphatic rings. The smallest absolute Gasteiger partial charge is 0.222 e. The van der Waals surface area contributed by atoms with E-state index in [1.807, 2.05) is 4.90 Å². The van der Waals surface area contributed by atoms with Gasteiger partial charge in [-0.15, -0.1) is 24.0 Å². The number of nitrogens with one attached hydrogen (secondary N) is 2. The number of halogens is 1. The second-order valence-corrected chi connectivity index (χ2v) is 7.82. The maximum absolute atomic E-state index is 11.6. The van der Waals surface area contributed by atoms with Crippen molar-refractivity contribution in [2.24, 2.45) is 4.99 Å². The fourth-order valence-electron chi connectivity index (χ4n) is 3.63. The maximum Gasteiger partial charge on any atom is 0.222 e. The molecule has 0 spiro atoms. The Kier molecular flexibility index (Phi) is 10.8. The minimum Gasteiger partial charge on any atom is -0.357 e. The first-order valence-corrected chi connectivity index (χ1v) is 10.1. The van der Waals surface area contributed by atoms with Crippen molar-refractivity contribution in [1.82, 2.24) is 20.4 Å². The van der Waals surface area contributed by atoms with E-state index in [4.69, 9.17) is 4.99 Å². The van der Waals surface area contributed by atoms with Gasteiger partial charge in [0.05, 0.1) is 6.54 Å². The number of amides is 1. The van der Waals surface area contributed by atoms with Crippen LogP contribution in [0.2, 0.25) is 0 Å². The van der Waals surface area contributed by atoms with Gasteiger partial charge in [0.15, 0.2) is 5.96 Å². The molecule has 0 unspecified atom stereocenters. The second-order valence-electron chi connectivity index (χ2n) is 7.82. The molecule has 6 nitrogen and oxygen atoms in total. The van der Waals surface area contributed by atoms with Gasteiger partial charge in [-0.3, -0.25) is 14.7 Å². The van der Waals surface area contributed by atoms with E-state index in [0.29, 0.717) is 5.91 Å². The molecule has 2 rings (SSSR count). The molecule has 0 bridgehead atoms. The van der Waals surface area contributed by atoms with Crippen LogP contribution in [0, 0.1) is 0 Å². The van der Waals surface area contributed by atoms with Crippen molar-refractivity contribution in [2.75, 3.05) is 45.8 Å². The molecule has 2 aliphatic heterocycles. The monoisotopic (exact) mass is 479 g/mol. The first kappa shape index (κ1) is 23.5. The van der Waals surface area contributed by atoms with Gasteiger partial charge in [0.1, 0.15) is 0 Å². The summed E-state index contributed by atoms with van der Waals surface area (Å²) in [5.41, 5.74) is 0.102. The van der Waals surface area contributed by atoms with Crippen molar-refractivity contribution in [2.45, 2.75) is 64.8 Å². The molecule has 0 radical (unpaired) electrons. The van der Waals surface area contributed by atoms with Crippen LogP contribution in [-0.2, 0) is 4.79 Å². The summed E-state index contributed by atoms with van der Waals surface area (Å²) < 4.78 is 0. The molecular weight excluding hydrogens is 441 g/mol. The van der Waals surface area contributed by atoms with Crippen molar-refractivity contribution in [1.29, 1.82) is 0 Å². The van der Waals surface area contributed by atoms with Crippen LogP contribution in [0.3, 0.4) is 0 Å². The molecule has 152 valence electrons. The van der Waals surface area contributed by atoms with Gasteiger partial charge >= 0.3 is 0 Å². The minimum absolute atomic E-state index is 0. The first-order chi connectivity index (χ1) is 12.0. The Labute approximate surface area is 176 Å². The van der Waals surface area contributed by atoms with Crippen LogP contribution in [0.25, 0.3) is 0 Å². The number of hydrogen-bond acceptors (Lipinski definition) is 3. The number of nitrogens with zero attached hydrogens (tertiary/aromatic N) is 3. The molecule has 2 N–H and O–H groups in total. The molecule has 7 heteroatoms. The normalized spacial score (nSPS) is 19.4. The van der Waals surface area contributed by atoms with Crippen LogP contribution in [-0.4, -0.2) is 73.0 Å². The molecule has 2 saturated heterocycles. The Bertz CT molecular complexity index is 449. The number of carbonyl (C=O) groups excluding carboxylic acids is 1. The average Bonchev–Trinajstić information content (AvgIpc) is 3.02. The van der Waals surface area contributed by atoms with Gasteiger partial charge in [-0.05, 0) is 59.5 Å². The zero-order valence-electron chi connectivity index (χ0n) is 16.9. The Morgan fingerprint density at radius 2 is 1.85 bits per heavy atom. The third-order valence-electron chi connectivity index (χ3n) is 5.25. The van der Waals surface area contributed by atoms with Gasteiger partial charge in [-0.25, -0.2) is 0 Å². The van der Waals surface area contributed by atoms with Gasteiger partial charge in [0.2, 0.25) is 5.91 Å². The van der Waals surface area contributed by atoms with Crippen LogP contribution < -0.4 is 10.6 Å². The maximum atomic E-state index is 11.6.